The van der Waals surface area contributed by atoms with Crippen molar-refractivity contribution in [2.24, 2.45) is 0 Å². The molecular formula is C19H18FN5O. The number of anilines is 2. The van der Waals surface area contributed by atoms with E-state index in [1.165, 1.54) is 6.07 Å². The summed E-state index contributed by atoms with van der Waals surface area (Å²) < 4.78 is 13.6. The average molecular weight is 351 g/mol. The maximum Gasteiger partial charge on any atom is 0.274 e. The van der Waals surface area contributed by atoms with Crippen molar-refractivity contribution in [2.75, 3.05) is 18.9 Å². The second-order valence-corrected chi connectivity index (χ2v) is 5.74. The van der Waals surface area contributed by atoms with Crippen molar-refractivity contribution in [3.05, 3.63) is 78.0 Å². The highest BCUT2D eigenvalue weighted by Gasteiger charge is 2.14. The predicted molar refractivity (Wildman–Crippen MR) is 96.6 cm³/mol. The number of benzene rings is 1. The number of para-hydroxylation sites is 1. The Morgan fingerprint density at radius 2 is 1.85 bits per heavy atom. The molecule has 1 aromatic carbocycles. The van der Waals surface area contributed by atoms with Crippen molar-refractivity contribution in [3.8, 4) is 0 Å². The van der Waals surface area contributed by atoms with Crippen molar-refractivity contribution in [3.63, 3.8) is 0 Å². The number of carbonyl (C=O) groups is 1. The standard InChI is InChI=1S/C19H18FN5O/c1-25(13-10-14-8-11-21-12-9-14)19(26)17-6-7-18(24-23-17)22-16-5-3-2-4-15(16)20/h2-9,11-12H,10,13H2,1H3,(H,22,24). The van der Waals surface area contributed by atoms with E-state index in [0.717, 1.165) is 12.0 Å². The number of rotatable bonds is 6. The lowest BCUT2D eigenvalue weighted by molar-refractivity contribution is 0.0789. The SMILES string of the molecule is CN(CCc1ccncc1)C(=O)c1ccc(Nc2ccccc2F)nn1. The smallest absolute Gasteiger partial charge is 0.274 e. The van der Waals surface area contributed by atoms with E-state index in [-0.39, 0.29) is 17.4 Å². The molecule has 0 fully saturated rings. The Bertz CT molecular complexity index is 871. The van der Waals surface area contributed by atoms with Crippen LogP contribution >= 0.6 is 0 Å². The molecule has 2 heterocycles. The van der Waals surface area contributed by atoms with Crippen LogP contribution < -0.4 is 5.32 Å². The molecule has 3 rings (SSSR count). The van der Waals surface area contributed by atoms with Gasteiger partial charge in [-0.2, -0.15) is 0 Å². The van der Waals surface area contributed by atoms with E-state index in [4.69, 9.17) is 0 Å². The molecule has 0 aliphatic rings. The van der Waals surface area contributed by atoms with Crippen LogP contribution in [0.25, 0.3) is 0 Å². The largest absolute Gasteiger partial charge is 0.340 e. The number of hydrogen-bond acceptors (Lipinski definition) is 5. The first kappa shape index (κ1) is 17.5. The molecule has 0 unspecified atom stereocenters. The van der Waals surface area contributed by atoms with Crippen molar-refractivity contribution in [2.45, 2.75) is 6.42 Å². The van der Waals surface area contributed by atoms with Gasteiger partial charge in [0.2, 0.25) is 0 Å². The Morgan fingerprint density at radius 3 is 2.54 bits per heavy atom. The summed E-state index contributed by atoms with van der Waals surface area (Å²) in [6.45, 7) is 0.555. The minimum absolute atomic E-state index is 0.219. The van der Waals surface area contributed by atoms with Crippen molar-refractivity contribution >= 4 is 17.4 Å². The summed E-state index contributed by atoms with van der Waals surface area (Å²) in [5.74, 6) is -0.236. The highest BCUT2D eigenvalue weighted by atomic mass is 19.1. The lowest BCUT2D eigenvalue weighted by Gasteiger charge is -2.16. The molecule has 1 amide bonds. The number of nitrogens with zero attached hydrogens (tertiary/aromatic N) is 4. The van der Waals surface area contributed by atoms with Crippen LogP contribution in [0.1, 0.15) is 16.1 Å². The van der Waals surface area contributed by atoms with Crippen LogP contribution in [0.3, 0.4) is 0 Å². The fourth-order valence-electron chi connectivity index (χ4n) is 2.36. The van der Waals surface area contributed by atoms with Gasteiger partial charge in [0.05, 0.1) is 5.69 Å². The zero-order valence-electron chi connectivity index (χ0n) is 14.3. The van der Waals surface area contributed by atoms with E-state index in [9.17, 15) is 9.18 Å². The van der Waals surface area contributed by atoms with Gasteiger partial charge in [-0.1, -0.05) is 12.1 Å². The van der Waals surface area contributed by atoms with Gasteiger partial charge >= 0.3 is 0 Å². The van der Waals surface area contributed by atoms with Crippen LogP contribution in [0.2, 0.25) is 0 Å². The third kappa shape index (κ3) is 4.38. The van der Waals surface area contributed by atoms with Crippen LogP contribution in [0.4, 0.5) is 15.9 Å². The fourth-order valence-corrected chi connectivity index (χ4v) is 2.36. The van der Waals surface area contributed by atoms with E-state index in [1.54, 1.807) is 54.7 Å². The Kier molecular flexibility index (Phi) is 5.48. The molecule has 132 valence electrons. The topological polar surface area (TPSA) is 71.0 Å². The number of aromatic nitrogens is 3. The van der Waals surface area contributed by atoms with Crippen LogP contribution in [0.15, 0.2) is 60.9 Å². The molecule has 2 aromatic heterocycles. The lowest BCUT2D eigenvalue weighted by Crippen LogP contribution is -2.29. The van der Waals surface area contributed by atoms with Gasteiger partial charge in [0, 0.05) is 26.0 Å². The van der Waals surface area contributed by atoms with Gasteiger partial charge in [-0.25, -0.2) is 4.39 Å². The molecule has 0 saturated carbocycles. The molecular weight excluding hydrogens is 333 g/mol. The highest BCUT2D eigenvalue weighted by Crippen LogP contribution is 2.17. The summed E-state index contributed by atoms with van der Waals surface area (Å²) in [6.07, 6.45) is 4.18. The van der Waals surface area contributed by atoms with E-state index in [2.05, 4.69) is 20.5 Å². The molecule has 0 aliphatic heterocycles. The van der Waals surface area contributed by atoms with Gasteiger partial charge in [0.25, 0.3) is 5.91 Å². The van der Waals surface area contributed by atoms with Crippen LogP contribution in [0.5, 0.6) is 0 Å². The first-order valence-corrected chi connectivity index (χ1v) is 8.13. The maximum atomic E-state index is 13.6. The normalized spacial score (nSPS) is 10.4. The third-order valence-corrected chi connectivity index (χ3v) is 3.85. The molecule has 3 aromatic rings. The minimum Gasteiger partial charge on any atom is -0.340 e. The van der Waals surface area contributed by atoms with Gasteiger partial charge in [0.15, 0.2) is 11.5 Å². The summed E-state index contributed by atoms with van der Waals surface area (Å²) in [6, 6.07) is 13.3. The van der Waals surface area contributed by atoms with E-state index >= 15 is 0 Å². The molecule has 7 heteroatoms. The van der Waals surface area contributed by atoms with Crippen molar-refractivity contribution < 1.29 is 9.18 Å². The summed E-state index contributed by atoms with van der Waals surface area (Å²) in [5, 5.41) is 10.7. The third-order valence-electron chi connectivity index (χ3n) is 3.85. The molecule has 0 bridgehead atoms. The van der Waals surface area contributed by atoms with Crippen molar-refractivity contribution in [1.82, 2.24) is 20.1 Å². The molecule has 0 radical (unpaired) electrons. The van der Waals surface area contributed by atoms with Crippen LogP contribution in [-0.4, -0.2) is 39.6 Å². The molecule has 26 heavy (non-hydrogen) atoms. The number of nitrogens with one attached hydrogen (secondary N) is 1. The average Bonchev–Trinajstić information content (AvgIpc) is 2.69. The molecule has 0 aliphatic carbocycles. The second-order valence-electron chi connectivity index (χ2n) is 5.74. The second kappa shape index (κ2) is 8.15. The number of hydrogen-bond donors (Lipinski definition) is 1. The maximum absolute atomic E-state index is 13.6. The molecule has 6 nitrogen and oxygen atoms in total. The Labute approximate surface area is 150 Å². The predicted octanol–water partition coefficient (Wildman–Crippen LogP) is 3.07. The molecule has 0 spiro atoms. The first-order valence-electron chi connectivity index (χ1n) is 8.13. The fraction of sp³-hybridized carbons (Fsp3) is 0.158. The zero-order chi connectivity index (χ0) is 18.4. The van der Waals surface area contributed by atoms with Gasteiger partial charge < -0.3 is 10.2 Å². The number of pyridine rings is 1. The molecule has 0 atom stereocenters. The Morgan fingerprint density at radius 1 is 1.08 bits per heavy atom. The lowest BCUT2D eigenvalue weighted by atomic mass is 10.2. The van der Waals surface area contributed by atoms with Gasteiger partial charge in [-0.15, -0.1) is 10.2 Å². The number of amides is 1. The highest BCUT2D eigenvalue weighted by molar-refractivity contribution is 5.92. The van der Waals surface area contributed by atoms with Gasteiger partial charge in [0.1, 0.15) is 5.82 Å². The zero-order valence-corrected chi connectivity index (χ0v) is 14.3. The summed E-state index contributed by atoms with van der Waals surface area (Å²) in [4.78, 5) is 18.0. The Hall–Kier alpha value is -3.35. The van der Waals surface area contributed by atoms with Crippen molar-refractivity contribution in [1.29, 1.82) is 0 Å². The monoisotopic (exact) mass is 351 g/mol. The first-order chi connectivity index (χ1) is 12.6. The summed E-state index contributed by atoms with van der Waals surface area (Å²) in [5.41, 5.74) is 1.65. The Balaban J connectivity index is 1.60. The van der Waals surface area contributed by atoms with E-state index in [1.807, 2.05) is 12.1 Å². The number of likely N-dealkylation sites (N-methyl/N-ethyl adjacent to an activating group) is 1. The van der Waals surface area contributed by atoms with Crippen LogP contribution in [0, 0.1) is 5.82 Å². The van der Waals surface area contributed by atoms with Gasteiger partial charge in [-0.3, -0.25) is 9.78 Å². The summed E-state index contributed by atoms with van der Waals surface area (Å²) in [7, 11) is 1.72. The van der Waals surface area contributed by atoms with E-state index < -0.39 is 0 Å². The van der Waals surface area contributed by atoms with Gasteiger partial charge in [-0.05, 0) is 48.4 Å². The number of carbonyl (C=O) groups excluding carboxylic acids is 1. The van der Waals surface area contributed by atoms with Crippen LogP contribution in [-0.2, 0) is 6.42 Å². The molecule has 1 N–H and O–H groups in total. The summed E-state index contributed by atoms with van der Waals surface area (Å²) >= 11 is 0. The quantitative estimate of drug-likeness (QED) is 0.739. The van der Waals surface area contributed by atoms with E-state index in [0.29, 0.717) is 18.1 Å². The molecule has 0 saturated heterocycles. The minimum atomic E-state index is -0.384. The number of halogens is 1.